The molecule has 0 unspecified atom stereocenters. The number of nitrogens with one attached hydrogen (secondary N) is 3. The maximum Gasteiger partial charge on any atom is 0.247 e. The Hall–Kier alpha value is -3.13. The largest absolute Gasteiger partial charge is 0.393 e. The van der Waals surface area contributed by atoms with Gasteiger partial charge in [0.1, 0.15) is 5.82 Å². The van der Waals surface area contributed by atoms with Crippen LogP contribution in [0.15, 0.2) is 36.4 Å². The van der Waals surface area contributed by atoms with E-state index in [9.17, 15) is 5.11 Å². The lowest BCUT2D eigenvalue weighted by Gasteiger charge is -2.26. The van der Waals surface area contributed by atoms with Crippen LogP contribution >= 0.6 is 0 Å². The summed E-state index contributed by atoms with van der Waals surface area (Å²) in [5, 5.41) is 29.5. The van der Waals surface area contributed by atoms with Gasteiger partial charge < -0.3 is 15.7 Å². The lowest BCUT2D eigenvalue weighted by Crippen LogP contribution is -2.29. The van der Waals surface area contributed by atoms with Gasteiger partial charge in [0.25, 0.3) is 0 Å². The van der Waals surface area contributed by atoms with Crippen molar-refractivity contribution in [3.05, 3.63) is 42.1 Å². The predicted octanol–water partition coefficient (Wildman–Crippen LogP) is 3.37. The van der Waals surface area contributed by atoms with Crippen LogP contribution in [0, 0.1) is 6.92 Å². The molecule has 1 saturated carbocycles. The molecule has 28 heavy (non-hydrogen) atoms. The van der Waals surface area contributed by atoms with Crippen LogP contribution in [-0.4, -0.2) is 42.0 Å². The normalized spacial score (nSPS) is 19.9. The van der Waals surface area contributed by atoms with E-state index in [-0.39, 0.29) is 6.10 Å². The van der Waals surface area contributed by atoms with Crippen LogP contribution in [0.25, 0.3) is 16.6 Å². The molecule has 0 bridgehead atoms. The molecule has 0 saturated heterocycles. The van der Waals surface area contributed by atoms with E-state index in [2.05, 4.69) is 30.9 Å². The summed E-state index contributed by atoms with van der Waals surface area (Å²) < 4.78 is 1.83. The number of hydrogen-bond acceptors (Lipinski definition) is 6. The third-order valence-corrected chi connectivity index (χ3v) is 5.42. The van der Waals surface area contributed by atoms with Crippen molar-refractivity contribution < 1.29 is 5.11 Å². The van der Waals surface area contributed by atoms with Gasteiger partial charge in [-0.05, 0) is 62.9 Å². The predicted molar refractivity (Wildman–Crippen MR) is 109 cm³/mol. The number of aryl methyl sites for hydroxylation is 1. The molecule has 5 rings (SSSR count). The molecular formula is C20H23N7O. The molecule has 8 nitrogen and oxygen atoms in total. The molecule has 8 heteroatoms. The molecule has 3 aromatic heterocycles. The van der Waals surface area contributed by atoms with Gasteiger partial charge in [0, 0.05) is 17.1 Å². The summed E-state index contributed by atoms with van der Waals surface area (Å²) in [6.07, 6.45) is 3.44. The topological polar surface area (TPSA) is 103 Å². The number of fused-ring (bicyclic) bond motifs is 2. The Balaban J connectivity index is 1.40. The molecule has 0 atom stereocenters. The van der Waals surface area contributed by atoms with Crippen molar-refractivity contribution >= 4 is 34.0 Å². The molecule has 3 heterocycles. The SMILES string of the molecule is Cc1n[nH]c2ccc(Nc3nc4cccc(N[C@H]5CC[C@H](O)CC5)n4n3)cc12. The van der Waals surface area contributed by atoms with E-state index in [0.717, 1.165) is 59.4 Å². The number of pyridine rings is 1. The number of H-pyrrole nitrogens is 1. The molecule has 0 radical (unpaired) electrons. The Morgan fingerprint density at radius 3 is 2.86 bits per heavy atom. The van der Waals surface area contributed by atoms with Crippen molar-refractivity contribution in [3.8, 4) is 0 Å². The van der Waals surface area contributed by atoms with Crippen LogP contribution in [0.2, 0.25) is 0 Å². The van der Waals surface area contributed by atoms with E-state index in [4.69, 9.17) is 0 Å². The highest BCUT2D eigenvalue weighted by Gasteiger charge is 2.20. The number of hydrogen-bond donors (Lipinski definition) is 4. The van der Waals surface area contributed by atoms with E-state index in [1.165, 1.54) is 0 Å². The number of aliphatic hydroxyl groups is 1. The van der Waals surface area contributed by atoms with Gasteiger partial charge in [-0.15, -0.1) is 5.10 Å². The van der Waals surface area contributed by atoms with Gasteiger partial charge >= 0.3 is 0 Å². The minimum absolute atomic E-state index is 0.160. The Bertz CT molecular complexity index is 1120. The fourth-order valence-electron chi connectivity index (χ4n) is 3.85. The minimum Gasteiger partial charge on any atom is -0.393 e. The zero-order valence-electron chi connectivity index (χ0n) is 15.7. The maximum atomic E-state index is 9.71. The van der Waals surface area contributed by atoms with Gasteiger partial charge in [-0.2, -0.15) is 14.6 Å². The zero-order valence-corrected chi connectivity index (χ0v) is 15.7. The highest BCUT2D eigenvalue weighted by molar-refractivity contribution is 5.85. The molecule has 4 aromatic rings. The fraction of sp³-hybridized carbons (Fsp3) is 0.350. The van der Waals surface area contributed by atoms with E-state index in [0.29, 0.717) is 12.0 Å². The van der Waals surface area contributed by atoms with Crippen molar-refractivity contribution in [2.24, 2.45) is 0 Å². The molecule has 144 valence electrons. The Labute approximate surface area is 162 Å². The van der Waals surface area contributed by atoms with Crippen molar-refractivity contribution in [2.45, 2.75) is 44.8 Å². The van der Waals surface area contributed by atoms with E-state index in [1.54, 1.807) is 0 Å². The molecule has 1 fully saturated rings. The van der Waals surface area contributed by atoms with E-state index < -0.39 is 0 Å². The monoisotopic (exact) mass is 377 g/mol. The van der Waals surface area contributed by atoms with Gasteiger partial charge in [0.15, 0.2) is 5.65 Å². The van der Waals surface area contributed by atoms with Crippen LogP contribution in [0.1, 0.15) is 31.4 Å². The van der Waals surface area contributed by atoms with Crippen molar-refractivity contribution in [1.29, 1.82) is 0 Å². The third kappa shape index (κ3) is 3.16. The third-order valence-electron chi connectivity index (χ3n) is 5.42. The Morgan fingerprint density at radius 2 is 2.00 bits per heavy atom. The van der Waals surface area contributed by atoms with E-state index >= 15 is 0 Å². The molecule has 0 aliphatic heterocycles. The molecule has 4 N–H and O–H groups in total. The average molecular weight is 377 g/mol. The van der Waals surface area contributed by atoms with Gasteiger partial charge in [-0.3, -0.25) is 5.10 Å². The summed E-state index contributed by atoms with van der Waals surface area (Å²) in [5.41, 5.74) is 3.67. The van der Waals surface area contributed by atoms with Crippen LogP contribution < -0.4 is 10.6 Å². The first-order valence-electron chi connectivity index (χ1n) is 9.68. The zero-order chi connectivity index (χ0) is 19.1. The number of nitrogens with zero attached hydrogens (tertiary/aromatic N) is 4. The van der Waals surface area contributed by atoms with Gasteiger partial charge in [0.2, 0.25) is 5.95 Å². The first-order chi connectivity index (χ1) is 13.7. The van der Waals surface area contributed by atoms with Crippen molar-refractivity contribution in [1.82, 2.24) is 24.8 Å². The second kappa shape index (κ2) is 6.79. The summed E-state index contributed by atoms with van der Waals surface area (Å²) in [7, 11) is 0. The number of aliphatic hydroxyl groups excluding tert-OH is 1. The van der Waals surface area contributed by atoms with E-state index in [1.807, 2.05) is 47.8 Å². The number of rotatable bonds is 4. The number of anilines is 3. The highest BCUT2D eigenvalue weighted by Crippen LogP contribution is 2.25. The molecule has 1 aliphatic carbocycles. The maximum absolute atomic E-state index is 9.71. The smallest absolute Gasteiger partial charge is 0.247 e. The van der Waals surface area contributed by atoms with Crippen LogP contribution in [0.3, 0.4) is 0 Å². The van der Waals surface area contributed by atoms with Crippen molar-refractivity contribution in [3.63, 3.8) is 0 Å². The first kappa shape index (κ1) is 17.0. The standard InChI is InChI=1S/C20H23N7O/c1-12-16-11-14(7-10-17(16)25-24-12)22-20-23-19-4-2-3-18(27(19)26-20)21-13-5-8-15(28)9-6-13/h2-4,7,10-11,13,15,21,28H,5-6,8-9H2,1H3,(H,22,26)(H,24,25)/t13-,15-. The molecular weight excluding hydrogens is 354 g/mol. The second-order valence-corrected chi connectivity index (χ2v) is 7.46. The Morgan fingerprint density at radius 1 is 1.14 bits per heavy atom. The number of aromatic nitrogens is 5. The van der Waals surface area contributed by atoms with Crippen LogP contribution in [0.4, 0.5) is 17.5 Å². The molecule has 0 spiro atoms. The molecule has 1 aliphatic rings. The average Bonchev–Trinajstić information content (AvgIpc) is 3.28. The first-order valence-corrected chi connectivity index (χ1v) is 9.68. The highest BCUT2D eigenvalue weighted by atomic mass is 16.3. The summed E-state index contributed by atoms with van der Waals surface area (Å²) in [5.74, 6) is 1.47. The summed E-state index contributed by atoms with van der Waals surface area (Å²) in [4.78, 5) is 4.60. The quantitative estimate of drug-likeness (QED) is 0.435. The van der Waals surface area contributed by atoms with Crippen LogP contribution in [0.5, 0.6) is 0 Å². The minimum atomic E-state index is -0.160. The van der Waals surface area contributed by atoms with Gasteiger partial charge in [-0.25, -0.2) is 0 Å². The fourth-order valence-corrected chi connectivity index (χ4v) is 3.85. The number of benzene rings is 1. The Kier molecular flexibility index (Phi) is 4.12. The van der Waals surface area contributed by atoms with Gasteiger partial charge in [0.05, 0.1) is 17.3 Å². The summed E-state index contributed by atoms with van der Waals surface area (Å²) in [6, 6.07) is 12.3. The van der Waals surface area contributed by atoms with Gasteiger partial charge in [-0.1, -0.05) is 6.07 Å². The summed E-state index contributed by atoms with van der Waals surface area (Å²) in [6.45, 7) is 1.98. The molecule has 0 amide bonds. The van der Waals surface area contributed by atoms with Crippen LogP contribution in [-0.2, 0) is 0 Å². The van der Waals surface area contributed by atoms with Crippen molar-refractivity contribution in [2.75, 3.05) is 10.6 Å². The molecule has 1 aromatic carbocycles. The number of aromatic amines is 1. The summed E-state index contributed by atoms with van der Waals surface area (Å²) >= 11 is 0. The second-order valence-electron chi connectivity index (χ2n) is 7.46. The lowest BCUT2D eigenvalue weighted by atomic mass is 9.93. The lowest BCUT2D eigenvalue weighted by molar-refractivity contribution is 0.126.